The number of thiophene rings is 1. The monoisotopic (exact) mass is 229 g/mol. The van der Waals surface area contributed by atoms with Crippen LogP contribution in [-0.4, -0.2) is 11.0 Å². The molecule has 0 saturated carbocycles. The number of hydrogen-bond donors (Lipinski definition) is 0. The van der Waals surface area contributed by atoms with Crippen LogP contribution in [0, 0.1) is 17.5 Å². The van der Waals surface area contributed by atoms with Gasteiger partial charge in [0.05, 0.1) is 17.8 Å². The highest BCUT2D eigenvalue weighted by Gasteiger charge is 2.10. The smallest absolute Gasteiger partial charge is 0.355 e. The number of esters is 1. The molecular formula is C11H5N2O2S. The minimum atomic E-state index is -0.481. The van der Waals surface area contributed by atoms with Gasteiger partial charge in [-0.25, -0.2) is 9.78 Å². The van der Waals surface area contributed by atoms with E-state index in [1.165, 1.54) is 23.5 Å². The predicted octanol–water partition coefficient (Wildman–Crippen LogP) is 2.03. The summed E-state index contributed by atoms with van der Waals surface area (Å²) in [7, 11) is 0. The topological polar surface area (TPSA) is 63.0 Å². The van der Waals surface area contributed by atoms with Crippen LogP contribution in [0.2, 0.25) is 0 Å². The summed E-state index contributed by atoms with van der Waals surface area (Å²) < 4.78 is 4.98. The molecule has 0 unspecified atom stereocenters. The van der Waals surface area contributed by atoms with Gasteiger partial charge in [-0.05, 0) is 17.5 Å². The molecule has 0 aromatic carbocycles. The van der Waals surface area contributed by atoms with Gasteiger partial charge in [0.15, 0.2) is 0 Å². The van der Waals surface area contributed by atoms with Gasteiger partial charge in [0.1, 0.15) is 4.88 Å². The Labute approximate surface area is 95.7 Å². The zero-order chi connectivity index (χ0) is 11.4. The van der Waals surface area contributed by atoms with Gasteiger partial charge in [0, 0.05) is 6.07 Å². The SMILES string of the molecule is N#Cc1c[c]nc(OC(=O)c2cccs2)c1. The molecule has 0 aliphatic heterocycles. The zero-order valence-electron chi connectivity index (χ0n) is 8.01. The van der Waals surface area contributed by atoms with Crippen LogP contribution in [0.25, 0.3) is 0 Å². The average molecular weight is 229 g/mol. The summed E-state index contributed by atoms with van der Waals surface area (Å²) in [5.41, 5.74) is 0.351. The summed E-state index contributed by atoms with van der Waals surface area (Å²) in [6.45, 7) is 0. The van der Waals surface area contributed by atoms with Crippen molar-refractivity contribution in [3.8, 4) is 11.9 Å². The number of carbonyl (C=O) groups is 1. The standard InChI is InChI=1S/C11H5N2O2S/c12-7-8-3-4-13-10(6-8)15-11(14)9-2-1-5-16-9/h1-3,5-6H. The summed E-state index contributed by atoms with van der Waals surface area (Å²) in [4.78, 5) is 15.7. The number of carbonyl (C=O) groups excluding carboxylic acids is 1. The Hall–Kier alpha value is -2.19. The van der Waals surface area contributed by atoms with Crippen molar-refractivity contribution in [2.75, 3.05) is 0 Å². The van der Waals surface area contributed by atoms with Crippen LogP contribution < -0.4 is 4.74 Å². The van der Waals surface area contributed by atoms with Crippen LogP contribution in [0.3, 0.4) is 0 Å². The molecule has 16 heavy (non-hydrogen) atoms. The van der Waals surface area contributed by atoms with E-state index in [0.717, 1.165) is 0 Å². The van der Waals surface area contributed by atoms with E-state index in [4.69, 9.17) is 10.00 Å². The van der Waals surface area contributed by atoms with E-state index in [-0.39, 0.29) is 5.88 Å². The van der Waals surface area contributed by atoms with Gasteiger partial charge in [-0.1, -0.05) is 6.07 Å². The molecule has 0 atom stereocenters. The molecule has 0 bridgehead atoms. The number of rotatable bonds is 2. The number of nitrogens with zero attached hydrogens (tertiary/aromatic N) is 2. The van der Waals surface area contributed by atoms with E-state index in [9.17, 15) is 4.79 Å². The van der Waals surface area contributed by atoms with Crippen LogP contribution in [0.5, 0.6) is 5.88 Å². The van der Waals surface area contributed by atoms with Crippen molar-refractivity contribution < 1.29 is 9.53 Å². The van der Waals surface area contributed by atoms with Crippen LogP contribution >= 0.6 is 11.3 Å². The Kier molecular flexibility index (Phi) is 2.94. The minimum Gasteiger partial charge on any atom is -0.403 e. The summed E-state index contributed by atoms with van der Waals surface area (Å²) in [6.07, 6.45) is 2.48. The van der Waals surface area contributed by atoms with Crippen molar-refractivity contribution >= 4 is 17.3 Å². The number of pyridine rings is 1. The highest BCUT2D eigenvalue weighted by Crippen LogP contribution is 2.14. The lowest BCUT2D eigenvalue weighted by Gasteiger charge is -2.00. The highest BCUT2D eigenvalue weighted by molar-refractivity contribution is 7.12. The van der Waals surface area contributed by atoms with Crippen molar-refractivity contribution in [1.29, 1.82) is 5.26 Å². The maximum Gasteiger partial charge on any atom is 0.355 e. The van der Waals surface area contributed by atoms with Crippen molar-refractivity contribution in [2.45, 2.75) is 0 Å². The van der Waals surface area contributed by atoms with E-state index >= 15 is 0 Å². The molecule has 0 aliphatic rings. The Morgan fingerprint density at radius 2 is 2.50 bits per heavy atom. The Morgan fingerprint density at radius 1 is 1.62 bits per heavy atom. The van der Waals surface area contributed by atoms with Crippen molar-refractivity contribution in [3.63, 3.8) is 0 Å². The minimum absolute atomic E-state index is 0.0810. The van der Waals surface area contributed by atoms with Crippen LogP contribution in [0.4, 0.5) is 0 Å². The van der Waals surface area contributed by atoms with Crippen molar-refractivity contribution in [2.24, 2.45) is 0 Å². The van der Waals surface area contributed by atoms with Gasteiger partial charge in [0.2, 0.25) is 5.88 Å². The fourth-order valence-electron chi connectivity index (χ4n) is 1.03. The summed E-state index contributed by atoms with van der Waals surface area (Å²) in [5.74, 6) is -0.400. The lowest BCUT2D eigenvalue weighted by atomic mass is 10.3. The van der Waals surface area contributed by atoms with Gasteiger partial charge in [-0.3, -0.25) is 0 Å². The molecule has 0 N–H and O–H groups in total. The second-order valence-electron chi connectivity index (χ2n) is 2.80. The van der Waals surface area contributed by atoms with Gasteiger partial charge in [-0.15, -0.1) is 11.3 Å². The van der Waals surface area contributed by atoms with Gasteiger partial charge in [-0.2, -0.15) is 5.26 Å². The number of ether oxygens (including phenoxy) is 1. The van der Waals surface area contributed by atoms with Crippen LogP contribution in [-0.2, 0) is 0 Å². The van der Waals surface area contributed by atoms with Crippen molar-refractivity contribution in [3.05, 3.63) is 46.3 Å². The van der Waals surface area contributed by atoms with Crippen molar-refractivity contribution in [1.82, 2.24) is 4.98 Å². The molecule has 2 heterocycles. The maximum absolute atomic E-state index is 11.5. The number of nitriles is 1. The Bertz CT molecular complexity index is 543. The maximum atomic E-state index is 11.5. The van der Waals surface area contributed by atoms with Gasteiger partial charge in [0.25, 0.3) is 0 Å². The first-order valence-electron chi connectivity index (χ1n) is 4.33. The third-order valence-corrected chi connectivity index (χ3v) is 2.57. The average Bonchev–Trinajstić information content (AvgIpc) is 2.83. The number of hydrogen-bond acceptors (Lipinski definition) is 5. The van der Waals surface area contributed by atoms with E-state index in [0.29, 0.717) is 10.4 Å². The molecule has 4 nitrogen and oxygen atoms in total. The fraction of sp³-hybridized carbons (Fsp3) is 0. The lowest BCUT2D eigenvalue weighted by molar-refractivity contribution is 0.0732. The molecule has 0 amide bonds. The lowest BCUT2D eigenvalue weighted by Crippen LogP contribution is -2.07. The molecule has 0 saturated heterocycles. The molecule has 0 aliphatic carbocycles. The fourth-order valence-corrected chi connectivity index (χ4v) is 1.63. The number of aromatic nitrogens is 1. The molecule has 1 radical (unpaired) electrons. The predicted molar refractivity (Wildman–Crippen MR) is 57.1 cm³/mol. The largest absolute Gasteiger partial charge is 0.403 e. The van der Waals surface area contributed by atoms with E-state index in [1.54, 1.807) is 17.5 Å². The molecule has 0 fully saturated rings. The summed E-state index contributed by atoms with van der Waals surface area (Å²) in [6, 6.07) is 8.14. The molecule has 0 spiro atoms. The summed E-state index contributed by atoms with van der Waals surface area (Å²) >= 11 is 1.28. The molecule has 2 aromatic heterocycles. The van der Waals surface area contributed by atoms with E-state index < -0.39 is 5.97 Å². The Balaban J connectivity index is 2.16. The molecular weight excluding hydrogens is 224 g/mol. The normalized spacial score (nSPS) is 9.44. The van der Waals surface area contributed by atoms with Gasteiger partial charge < -0.3 is 4.74 Å². The molecule has 2 rings (SSSR count). The van der Waals surface area contributed by atoms with Gasteiger partial charge >= 0.3 is 5.97 Å². The van der Waals surface area contributed by atoms with Crippen LogP contribution in [0.15, 0.2) is 29.6 Å². The third kappa shape index (κ3) is 2.24. The Morgan fingerprint density at radius 3 is 3.19 bits per heavy atom. The van der Waals surface area contributed by atoms with Crippen LogP contribution in [0.1, 0.15) is 15.2 Å². The van der Waals surface area contributed by atoms with E-state index in [2.05, 4.69) is 11.2 Å². The first-order chi connectivity index (χ1) is 7.79. The highest BCUT2D eigenvalue weighted by atomic mass is 32.1. The molecule has 5 heteroatoms. The quantitative estimate of drug-likeness (QED) is 0.739. The molecule has 77 valence electrons. The van der Waals surface area contributed by atoms with E-state index in [1.807, 2.05) is 6.07 Å². The first kappa shape index (κ1) is 10.3. The second kappa shape index (κ2) is 4.55. The first-order valence-corrected chi connectivity index (χ1v) is 5.21. The zero-order valence-corrected chi connectivity index (χ0v) is 8.82. The molecule has 2 aromatic rings. The summed E-state index contributed by atoms with van der Waals surface area (Å²) in [5, 5.41) is 10.4. The second-order valence-corrected chi connectivity index (χ2v) is 3.75. The third-order valence-electron chi connectivity index (χ3n) is 1.72.